The average molecular weight is 221 g/mol. The van der Waals surface area contributed by atoms with Crippen LogP contribution in [-0.2, 0) is 0 Å². The second kappa shape index (κ2) is 4.35. The molecule has 5 heteroatoms. The molecule has 0 aliphatic carbocycles. The number of nitrogens with zero attached hydrogens (tertiary/aromatic N) is 3. The van der Waals surface area contributed by atoms with Crippen molar-refractivity contribution in [2.24, 2.45) is 0 Å². The molecular weight excluding hydrogens is 213 g/mol. The summed E-state index contributed by atoms with van der Waals surface area (Å²) in [7, 11) is 0. The van der Waals surface area contributed by atoms with E-state index in [1.165, 1.54) is 17.8 Å². The van der Waals surface area contributed by atoms with Crippen molar-refractivity contribution < 1.29 is 4.39 Å². The quantitative estimate of drug-likeness (QED) is 0.577. The first-order valence-corrected chi connectivity index (χ1v) is 5.15. The third kappa shape index (κ3) is 2.73. The van der Waals surface area contributed by atoms with Crippen LogP contribution in [0.25, 0.3) is 0 Å². The maximum Gasteiger partial charge on any atom is 0.213 e. The van der Waals surface area contributed by atoms with Crippen molar-refractivity contribution in [3.05, 3.63) is 42.1 Å². The Morgan fingerprint density at radius 2 is 1.93 bits per heavy atom. The predicted octanol–water partition coefficient (Wildman–Crippen LogP) is 2.47. The normalized spacial score (nSPS) is 10.3. The van der Waals surface area contributed by atoms with Crippen LogP contribution in [0.5, 0.6) is 0 Å². The molecule has 3 nitrogen and oxygen atoms in total. The highest BCUT2D eigenvalue weighted by molar-refractivity contribution is 7.99. The van der Waals surface area contributed by atoms with E-state index in [1.54, 1.807) is 24.5 Å². The standard InChI is InChI=1S/C10H8FN3S/c1-7-5-12-10(13-6-7)15-9-4-2-3-8(11)14-9/h2-6H,1H3. The smallest absolute Gasteiger partial charge is 0.213 e. The fourth-order valence-electron chi connectivity index (χ4n) is 0.973. The maximum absolute atomic E-state index is 12.8. The van der Waals surface area contributed by atoms with Crippen LogP contribution < -0.4 is 0 Å². The first kappa shape index (κ1) is 10.0. The molecule has 76 valence electrons. The van der Waals surface area contributed by atoms with Gasteiger partial charge < -0.3 is 0 Å². The van der Waals surface area contributed by atoms with Gasteiger partial charge in [0.1, 0.15) is 5.03 Å². The van der Waals surface area contributed by atoms with E-state index < -0.39 is 5.95 Å². The van der Waals surface area contributed by atoms with Gasteiger partial charge in [-0.15, -0.1) is 0 Å². The molecule has 0 fully saturated rings. The molecule has 0 atom stereocenters. The Hall–Kier alpha value is -1.49. The molecule has 2 rings (SSSR count). The summed E-state index contributed by atoms with van der Waals surface area (Å²) in [5.41, 5.74) is 0.992. The van der Waals surface area contributed by atoms with E-state index in [9.17, 15) is 4.39 Å². The number of pyridine rings is 1. The molecule has 15 heavy (non-hydrogen) atoms. The SMILES string of the molecule is Cc1cnc(Sc2cccc(F)n2)nc1. The van der Waals surface area contributed by atoms with Gasteiger partial charge in [-0.2, -0.15) is 4.39 Å². The minimum absolute atomic E-state index is 0.493. The number of hydrogen-bond acceptors (Lipinski definition) is 4. The lowest BCUT2D eigenvalue weighted by molar-refractivity contribution is 0.572. The summed E-state index contributed by atoms with van der Waals surface area (Å²) in [6, 6.07) is 4.63. The van der Waals surface area contributed by atoms with E-state index >= 15 is 0 Å². The van der Waals surface area contributed by atoms with Gasteiger partial charge in [-0.05, 0) is 36.4 Å². The molecule has 0 unspecified atom stereocenters. The predicted molar refractivity (Wildman–Crippen MR) is 55.1 cm³/mol. The molecule has 2 aromatic rings. The van der Waals surface area contributed by atoms with Crippen LogP contribution in [0.3, 0.4) is 0 Å². The highest BCUT2D eigenvalue weighted by Crippen LogP contribution is 2.21. The highest BCUT2D eigenvalue weighted by atomic mass is 32.2. The Bertz CT molecular complexity index is 458. The van der Waals surface area contributed by atoms with Gasteiger partial charge in [0.2, 0.25) is 5.95 Å². The van der Waals surface area contributed by atoms with Crippen molar-refractivity contribution in [3.63, 3.8) is 0 Å². The fourth-order valence-corrected chi connectivity index (χ4v) is 1.65. The topological polar surface area (TPSA) is 38.7 Å². The first-order chi connectivity index (χ1) is 7.24. The molecule has 0 aromatic carbocycles. The molecule has 2 aromatic heterocycles. The van der Waals surface area contributed by atoms with E-state index in [1.807, 2.05) is 6.92 Å². The molecule has 0 radical (unpaired) electrons. The second-order valence-corrected chi connectivity index (χ2v) is 3.93. The van der Waals surface area contributed by atoms with Crippen molar-refractivity contribution in [1.82, 2.24) is 15.0 Å². The number of halogens is 1. The summed E-state index contributed by atoms with van der Waals surface area (Å²) >= 11 is 1.24. The van der Waals surface area contributed by atoms with Crippen LogP contribution in [0, 0.1) is 12.9 Å². The Kier molecular flexibility index (Phi) is 2.91. The molecule has 0 saturated carbocycles. The van der Waals surface area contributed by atoms with Gasteiger partial charge >= 0.3 is 0 Å². The molecule has 0 saturated heterocycles. The van der Waals surface area contributed by atoms with Gasteiger partial charge in [0.25, 0.3) is 0 Å². The van der Waals surface area contributed by atoms with E-state index in [-0.39, 0.29) is 0 Å². The molecular formula is C10H8FN3S. The third-order valence-electron chi connectivity index (χ3n) is 1.64. The molecule has 0 amide bonds. The van der Waals surface area contributed by atoms with Crippen molar-refractivity contribution in [2.75, 3.05) is 0 Å². The van der Waals surface area contributed by atoms with Gasteiger partial charge in [-0.1, -0.05) is 6.07 Å². The third-order valence-corrected chi connectivity index (χ3v) is 2.47. The Morgan fingerprint density at radius 1 is 1.20 bits per heavy atom. The summed E-state index contributed by atoms with van der Waals surface area (Å²) in [4.78, 5) is 11.9. The zero-order valence-electron chi connectivity index (χ0n) is 8.01. The van der Waals surface area contributed by atoms with E-state index in [0.29, 0.717) is 10.2 Å². The molecule has 0 bridgehead atoms. The molecule has 2 heterocycles. The molecule has 0 aliphatic heterocycles. The van der Waals surface area contributed by atoms with E-state index in [2.05, 4.69) is 15.0 Å². The zero-order chi connectivity index (χ0) is 10.7. The molecule has 0 N–H and O–H groups in total. The number of aromatic nitrogens is 3. The van der Waals surface area contributed by atoms with Crippen LogP contribution >= 0.6 is 11.8 Å². The van der Waals surface area contributed by atoms with Crippen LogP contribution in [0.4, 0.5) is 4.39 Å². The lowest BCUT2D eigenvalue weighted by Gasteiger charge is -1.98. The van der Waals surface area contributed by atoms with Crippen LogP contribution in [0.2, 0.25) is 0 Å². The van der Waals surface area contributed by atoms with Gasteiger partial charge in [-0.25, -0.2) is 15.0 Å². The average Bonchev–Trinajstić information content (AvgIpc) is 2.22. The van der Waals surface area contributed by atoms with Crippen molar-refractivity contribution >= 4 is 11.8 Å². The van der Waals surface area contributed by atoms with Crippen LogP contribution in [0.15, 0.2) is 40.8 Å². The van der Waals surface area contributed by atoms with Crippen molar-refractivity contribution in [1.29, 1.82) is 0 Å². The van der Waals surface area contributed by atoms with Gasteiger partial charge in [0.05, 0.1) is 0 Å². The van der Waals surface area contributed by atoms with Crippen molar-refractivity contribution in [3.8, 4) is 0 Å². The monoisotopic (exact) mass is 221 g/mol. The van der Waals surface area contributed by atoms with Crippen LogP contribution in [0.1, 0.15) is 5.56 Å². The summed E-state index contributed by atoms with van der Waals surface area (Å²) in [6.45, 7) is 1.91. The van der Waals surface area contributed by atoms with Crippen molar-refractivity contribution in [2.45, 2.75) is 17.1 Å². The van der Waals surface area contributed by atoms with Gasteiger partial charge in [0, 0.05) is 12.4 Å². The highest BCUT2D eigenvalue weighted by Gasteiger charge is 2.02. The lowest BCUT2D eigenvalue weighted by atomic mass is 10.4. The largest absolute Gasteiger partial charge is 0.231 e. The summed E-state index contributed by atoms with van der Waals surface area (Å²) < 4.78 is 12.8. The fraction of sp³-hybridized carbons (Fsp3) is 0.100. The zero-order valence-corrected chi connectivity index (χ0v) is 8.83. The number of hydrogen-bond donors (Lipinski definition) is 0. The Labute approximate surface area is 90.8 Å². The van der Waals surface area contributed by atoms with Crippen LogP contribution in [-0.4, -0.2) is 15.0 Å². The molecule has 0 aliphatic rings. The number of rotatable bonds is 2. The van der Waals surface area contributed by atoms with E-state index in [0.717, 1.165) is 5.56 Å². The summed E-state index contributed by atoms with van der Waals surface area (Å²) in [6.07, 6.45) is 3.43. The van der Waals surface area contributed by atoms with Gasteiger partial charge in [-0.3, -0.25) is 0 Å². The number of aryl methyl sites for hydroxylation is 1. The lowest BCUT2D eigenvalue weighted by Crippen LogP contribution is -1.89. The second-order valence-electron chi connectivity index (χ2n) is 2.94. The maximum atomic E-state index is 12.8. The Balaban J connectivity index is 2.18. The first-order valence-electron chi connectivity index (χ1n) is 4.33. The summed E-state index contributed by atoms with van der Waals surface area (Å²) in [5.74, 6) is -0.493. The minimum atomic E-state index is -0.493. The van der Waals surface area contributed by atoms with Gasteiger partial charge in [0.15, 0.2) is 5.16 Å². The van der Waals surface area contributed by atoms with E-state index in [4.69, 9.17) is 0 Å². The molecule has 0 spiro atoms. The summed E-state index contributed by atoms with van der Waals surface area (Å²) in [5, 5.41) is 1.12. The minimum Gasteiger partial charge on any atom is -0.231 e. The Morgan fingerprint density at radius 3 is 2.60 bits per heavy atom.